The lowest BCUT2D eigenvalue weighted by molar-refractivity contribution is 0.0439. The Balaban J connectivity index is 1.61. The summed E-state index contributed by atoms with van der Waals surface area (Å²) in [4.78, 5) is 2.40. The summed E-state index contributed by atoms with van der Waals surface area (Å²) in [6, 6.07) is 17.9. The first-order valence-electron chi connectivity index (χ1n) is 10.6. The van der Waals surface area contributed by atoms with Crippen LogP contribution in [0.1, 0.15) is 22.7 Å². The predicted molar refractivity (Wildman–Crippen MR) is 129 cm³/mol. The van der Waals surface area contributed by atoms with Crippen LogP contribution in [0.2, 0.25) is 10.0 Å². The van der Waals surface area contributed by atoms with E-state index in [4.69, 9.17) is 32.7 Å². The second-order valence-corrected chi connectivity index (χ2v) is 8.57. The maximum absolute atomic E-state index is 9.61. The lowest BCUT2D eigenvalue weighted by Crippen LogP contribution is -2.46. The van der Waals surface area contributed by atoms with E-state index < -0.39 is 0 Å². The van der Waals surface area contributed by atoms with Gasteiger partial charge in [0.2, 0.25) is 0 Å². The summed E-state index contributed by atoms with van der Waals surface area (Å²) >= 11 is 12.5. The van der Waals surface area contributed by atoms with Gasteiger partial charge in [0.15, 0.2) is 0 Å². The first kappa shape index (κ1) is 22.8. The summed E-state index contributed by atoms with van der Waals surface area (Å²) in [6.07, 6.45) is 0. The summed E-state index contributed by atoms with van der Waals surface area (Å²) in [5, 5.41) is 16.1. The van der Waals surface area contributed by atoms with Crippen LogP contribution in [0.25, 0.3) is 10.8 Å². The molecule has 1 atom stereocenters. The molecule has 0 aliphatic carbocycles. The number of benzene rings is 3. The quantitative estimate of drug-likeness (QED) is 0.515. The van der Waals surface area contributed by atoms with Gasteiger partial charge in [0.25, 0.3) is 0 Å². The molecule has 5 nitrogen and oxygen atoms in total. The van der Waals surface area contributed by atoms with Crippen LogP contribution in [0.3, 0.4) is 0 Å². The van der Waals surface area contributed by atoms with Crippen molar-refractivity contribution in [1.82, 2.24) is 10.2 Å². The van der Waals surface area contributed by atoms with Gasteiger partial charge in [-0.2, -0.15) is 5.26 Å². The molecule has 1 N–H and O–H groups in total. The van der Waals surface area contributed by atoms with Crippen molar-refractivity contribution in [2.45, 2.75) is 12.6 Å². The largest absolute Gasteiger partial charge is 0.495 e. The second kappa shape index (κ2) is 10.5. The normalized spacial score (nSPS) is 15.4. The number of methoxy groups -OCH3 is 1. The molecule has 0 amide bonds. The highest BCUT2D eigenvalue weighted by Crippen LogP contribution is 2.34. The van der Waals surface area contributed by atoms with E-state index in [9.17, 15) is 5.26 Å². The fourth-order valence-electron chi connectivity index (χ4n) is 4.26. The smallest absolute Gasteiger partial charge is 0.142 e. The predicted octanol–water partition coefficient (Wildman–Crippen LogP) is 5.19. The van der Waals surface area contributed by atoms with Crippen molar-refractivity contribution in [3.63, 3.8) is 0 Å². The van der Waals surface area contributed by atoms with Crippen LogP contribution in [0.15, 0.2) is 48.5 Å². The van der Waals surface area contributed by atoms with Crippen molar-refractivity contribution in [3.8, 4) is 11.8 Å². The van der Waals surface area contributed by atoms with E-state index in [1.165, 1.54) is 0 Å². The van der Waals surface area contributed by atoms with Crippen LogP contribution in [0.5, 0.6) is 5.75 Å². The van der Waals surface area contributed by atoms with Gasteiger partial charge in [-0.3, -0.25) is 4.90 Å². The van der Waals surface area contributed by atoms with Gasteiger partial charge in [-0.25, -0.2) is 0 Å². The molecule has 1 aliphatic rings. The van der Waals surface area contributed by atoms with Gasteiger partial charge in [0.05, 0.1) is 42.0 Å². The number of halogens is 2. The van der Waals surface area contributed by atoms with E-state index in [1.54, 1.807) is 7.11 Å². The molecule has 0 aromatic heterocycles. The highest BCUT2D eigenvalue weighted by molar-refractivity contribution is 6.42. The summed E-state index contributed by atoms with van der Waals surface area (Å²) in [7, 11) is 1.59. The van der Waals surface area contributed by atoms with Crippen molar-refractivity contribution in [2.24, 2.45) is 0 Å². The lowest BCUT2D eigenvalue weighted by atomic mass is 10.00. The topological polar surface area (TPSA) is 57.5 Å². The Morgan fingerprint density at radius 1 is 1.09 bits per heavy atom. The first-order chi connectivity index (χ1) is 15.6. The number of piperazine rings is 1. The minimum Gasteiger partial charge on any atom is -0.495 e. The molecule has 7 heteroatoms. The number of hydrogen-bond donors (Lipinski definition) is 1. The molecule has 4 rings (SSSR count). The number of nitrogens with one attached hydrogen (secondary N) is 1. The molecule has 0 bridgehead atoms. The van der Waals surface area contributed by atoms with Crippen LogP contribution in [0.4, 0.5) is 0 Å². The van der Waals surface area contributed by atoms with Crippen LogP contribution in [-0.2, 0) is 11.3 Å². The fourth-order valence-corrected chi connectivity index (χ4v) is 4.57. The molecular weight excluding hydrogens is 445 g/mol. The maximum Gasteiger partial charge on any atom is 0.142 e. The van der Waals surface area contributed by atoms with Gasteiger partial charge in [-0.1, -0.05) is 53.5 Å². The lowest BCUT2D eigenvalue weighted by Gasteiger charge is -2.35. The van der Waals surface area contributed by atoms with Gasteiger partial charge in [0, 0.05) is 31.7 Å². The van der Waals surface area contributed by atoms with Gasteiger partial charge < -0.3 is 14.8 Å². The number of hydrogen-bond acceptors (Lipinski definition) is 5. The summed E-state index contributed by atoms with van der Waals surface area (Å²) in [5.74, 6) is 0.569. The zero-order chi connectivity index (χ0) is 22.5. The van der Waals surface area contributed by atoms with Gasteiger partial charge in [-0.05, 0) is 34.5 Å². The van der Waals surface area contributed by atoms with E-state index in [-0.39, 0.29) is 6.04 Å². The molecular formula is C25H25Cl2N3O2. The Morgan fingerprint density at radius 3 is 2.59 bits per heavy atom. The third kappa shape index (κ3) is 4.85. The van der Waals surface area contributed by atoms with Crippen LogP contribution >= 0.6 is 23.2 Å². The van der Waals surface area contributed by atoms with Crippen molar-refractivity contribution in [1.29, 1.82) is 5.26 Å². The number of rotatable bonds is 7. The molecule has 32 heavy (non-hydrogen) atoms. The molecule has 3 aromatic carbocycles. The zero-order valence-corrected chi connectivity index (χ0v) is 19.4. The summed E-state index contributed by atoms with van der Waals surface area (Å²) in [6.45, 7) is 4.52. The minimum absolute atomic E-state index is 0.0447. The van der Waals surface area contributed by atoms with Crippen molar-refractivity contribution in [2.75, 3.05) is 39.9 Å². The molecule has 3 aromatic rings. The number of fused-ring (bicyclic) bond motifs is 1. The van der Waals surface area contributed by atoms with E-state index in [1.807, 2.05) is 48.5 Å². The van der Waals surface area contributed by atoms with Crippen molar-refractivity contribution in [3.05, 3.63) is 75.3 Å². The zero-order valence-electron chi connectivity index (χ0n) is 17.9. The van der Waals surface area contributed by atoms with Crippen LogP contribution in [0, 0.1) is 11.3 Å². The third-order valence-electron chi connectivity index (χ3n) is 5.87. The number of nitriles is 1. The highest BCUT2D eigenvalue weighted by atomic mass is 35.5. The van der Waals surface area contributed by atoms with Gasteiger partial charge >= 0.3 is 0 Å². The molecule has 1 unspecified atom stereocenters. The standard InChI is InChI=1S/C25H25Cl2N3O2/c1-31-25-19(14-28)12-17-4-2-3-5-20(17)21(25)15-32-16-24(30-10-8-29-9-11-30)18-6-7-22(26)23(27)13-18/h2-7,12-13,24,29H,8-11,15-16H2,1H3. The first-order valence-corrected chi connectivity index (χ1v) is 11.3. The Hall–Kier alpha value is -2.33. The Bertz CT molecular complexity index is 1140. The second-order valence-electron chi connectivity index (χ2n) is 7.76. The van der Waals surface area contributed by atoms with E-state index >= 15 is 0 Å². The average molecular weight is 470 g/mol. The van der Waals surface area contributed by atoms with Crippen LogP contribution in [-0.4, -0.2) is 44.8 Å². The monoisotopic (exact) mass is 469 g/mol. The van der Waals surface area contributed by atoms with Gasteiger partial charge in [-0.15, -0.1) is 0 Å². The van der Waals surface area contributed by atoms with Gasteiger partial charge in [0.1, 0.15) is 11.8 Å². The Morgan fingerprint density at radius 2 is 1.88 bits per heavy atom. The fraction of sp³-hybridized carbons (Fsp3) is 0.320. The van der Waals surface area contributed by atoms with E-state index in [2.05, 4.69) is 16.3 Å². The molecule has 0 saturated carbocycles. The Kier molecular flexibility index (Phi) is 7.51. The maximum atomic E-state index is 9.61. The third-order valence-corrected chi connectivity index (χ3v) is 6.61. The number of ether oxygens (including phenoxy) is 2. The molecule has 1 fully saturated rings. The van der Waals surface area contributed by atoms with E-state index in [0.29, 0.717) is 34.6 Å². The molecule has 1 heterocycles. The summed E-state index contributed by atoms with van der Waals surface area (Å²) < 4.78 is 11.9. The molecule has 0 radical (unpaired) electrons. The molecule has 1 saturated heterocycles. The molecule has 0 spiro atoms. The SMILES string of the molecule is COc1c(C#N)cc2ccccc2c1COCC(c1ccc(Cl)c(Cl)c1)N1CCNCC1. The highest BCUT2D eigenvalue weighted by Gasteiger charge is 2.24. The average Bonchev–Trinajstić information content (AvgIpc) is 2.83. The van der Waals surface area contributed by atoms with E-state index in [0.717, 1.165) is 48.1 Å². The van der Waals surface area contributed by atoms with Crippen molar-refractivity contribution < 1.29 is 9.47 Å². The number of nitrogens with zero attached hydrogens (tertiary/aromatic N) is 2. The van der Waals surface area contributed by atoms with Crippen LogP contribution < -0.4 is 10.1 Å². The Labute approximate surface area is 198 Å². The molecule has 1 aliphatic heterocycles. The minimum atomic E-state index is 0.0447. The molecule has 166 valence electrons. The summed E-state index contributed by atoms with van der Waals surface area (Å²) in [5.41, 5.74) is 2.46. The van der Waals surface area contributed by atoms with Crippen molar-refractivity contribution >= 4 is 34.0 Å².